The van der Waals surface area contributed by atoms with E-state index in [1.165, 1.54) is 0 Å². The first kappa shape index (κ1) is 14.7. The molecule has 0 atom stereocenters. The van der Waals surface area contributed by atoms with Crippen LogP contribution < -0.4 is 4.90 Å². The van der Waals surface area contributed by atoms with Crippen LogP contribution in [0.5, 0.6) is 0 Å². The monoisotopic (exact) mass is 303 g/mol. The molecule has 0 unspecified atom stereocenters. The van der Waals surface area contributed by atoms with E-state index in [-0.39, 0.29) is 6.09 Å². The topological polar surface area (TPSA) is 58.8 Å². The zero-order valence-electron chi connectivity index (χ0n) is 13.2. The van der Waals surface area contributed by atoms with Gasteiger partial charge in [-0.05, 0) is 39.0 Å². The highest BCUT2D eigenvalue weighted by Gasteiger charge is 2.26. The van der Waals surface area contributed by atoms with Crippen molar-refractivity contribution in [3.63, 3.8) is 0 Å². The highest BCUT2D eigenvalue weighted by atomic mass is 16.6. The Balaban J connectivity index is 1.62. The minimum absolute atomic E-state index is 0.235. The lowest BCUT2D eigenvalue weighted by atomic mass is 10.2. The number of ether oxygens (including phenoxy) is 1. The number of rotatable bonds is 1. The Morgan fingerprint density at radius 2 is 1.95 bits per heavy atom. The van der Waals surface area contributed by atoms with E-state index in [1.54, 1.807) is 11.2 Å². The summed E-state index contributed by atoms with van der Waals surface area (Å²) >= 11 is 0. The fraction of sp³-hybridized carbons (Fsp3) is 0.500. The summed E-state index contributed by atoms with van der Waals surface area (Å²) < 4.78 is 10.4. The molecule has 0 bridgehead atoms. The smallest absolute Gasteiger partial charge is 0.410 e. The maximum Gasteiger partial charge on any atom is 0.410 e. The second kappa shape index (κ2) is 5.51. The van der Waals surface area contributed by atoms with Crippen molar-refractivity contribution in [1.82, 2.24) is 10.1 Å². The van der Waals surface area contributed by atoms with Gasteiger partial charge in [0.15, 0.2) is 0 Å². The van der Waals surface area contributed by atoms with Crippen LogP contribution >= 0.6 is 0 Å². The Kier molecular flexibility index (Phi) is 3.68. The second-order valence-electron chi connectivity index (χ2n) is 6.51. The molecule has 1 fully saturated rings. The number of carbonyl (C=O) groups is 1. The van der Waals surface area contributed by atoms with Gasteiger partial charge in [0.2, 0.25) is 0 Å². The molecule has 0 N–H and O–H groups in total. The van der Waals surface area contributed by atoms with Crippen molar-refractivity contribution in [2.75, 3.05) is 31.1 Å². The lowest BCUT2D eigenvalue weighted by Gasteiger charge is -2.36. The van der Waals surface area contributed by atoms with Crippen LogP contribution in [0.4, 0.5) is 10.5 Å². The van der Waals surface area contributed by atoms with Gasteiger partial charge in [-0.3, -0.25) is 0 Å². The van der Waals surface area contributed by atoms with Gasteiger partial charge in [-0.2, -0.15) is 0 Å². The van der Waals surface area contributed by atoms with Crippen LogP contribution in [0, 0.1) is 0 Å². The maximum absolute atomic E-state index is 12.1. The van der Waals surface area contributed by atoms with E-state index >= 15 is 0 Å². The largest absolute Gasteiger partial charge is 0.444 e. The fourth-order valence-corrected chi connectivity index (χ4v) is 2.53. The number of benzene rings is 1. The van der Waals surface area contributed by atoms with Crippen LogP contribution in [0.15, 0.2) is 29.0 Å². The number of nitrogens with zero attached hydrogens (tertiary/aromatic N) is 3. The third-order valence-corrected chi connectivity index (χ3v) is 3.64. The molecule has 0 aliphatic carbocycles. The maximum atomic E-state index is 12.1. The molecule has 118 valence electrons. The van der Waals surface area contributed by atoms with Crippen LogP contribution in [0.1, 0.15) is 20.8 Å². The molecule has 1 aliphatic heterocycles. The molecule has 6 nitrogen and oxygen atoms in total. The molecule has 0 spiro atoms. The van der Waals surface area contributed by atoms with Gasteiger partial charge in [-0.25, -0.2) is 4.79 Å². The van der Waals surface area contributed by atoms with E-state index < -0.39 is 5.60 Å². The van der Waals surface area contributed by atoms with Gasteiger partial charge in [-0.15, -0.1) is 0 Å². The lowest BCUT2D eigenvalue weighted by molar-refractivity contribution is 0.0240. The van der Waals surface area contributed by atoms with Crippen molar-refractivity contribution in [1.29, 1.82) is 0 Å². The summed E-state index contributed by atoms with van der Waals surface area (Å²) in [5.74, 6) is 0. The quantitative estimate of drug-likeness (QED) is 0.810. The number of fused-ring (bicyclic) bond motifs is 1. The summed E-state index contributed by atoms with van der Waals surface area (Å²) in [6.45, 7) is 8.55. The van der Waals surface area contributed by atoms with Crippen molar-refractivity contribution >= 4 is 22.7 Å². The number of piperazine rings is 1. The van der Waals surface area contributed by atoms with Crippen LogP contribution in [0.2, 0.25) is 0 Å². The number of amides is 1. The average molecular weight is 303 g/mol. The van der Waals surface area contributed by atoms with E-state index in [9.17, 15) is 4.79 Å². The summed E-state index contributed by atoms with van der Waals surface area (Å²) in [5.41, 5.74) is 1.53. The van der Waals surface area contributed by atoms with E-state index in [0.717, 1.165) is 29.7 Å². The van der Waals surface area contributed by atoms with Crippen molar-refractivity contribution < 1.29 is 14.1 Å². The first-order chi connectivity index (χ1) is 10.4. The van der Waals surface area contributed by atoms with Gasteiger partial charge < -0.3 is 19.1 Å². The Morgan fingerprint density at radius 3 is 2.64 bits per heavy atom. The number of hydrogen-bond donors (Lipinski definition) is 0. The molecule has 2 heterocycles. The van der Waals surface area contributed by atoms with E-state index in [2.05, 4.69) is 16.1 Å². The fourth-order valence-electron chi connectivity index (χ4n) is 2.53. The molecule has 1 aromatic heterocycles. The zero-order chi connectivity index (χ0) is 15.7. The predicted molar refractivity (Wildman–Crippen MR) is 84.0 cm³/mol. The van der Waals surface area contributed by atoms with Gasteiger partial charge in [0, 0.05) is 37.3 Å². The van der Waals surface area contributed by atoms with E-state index in [1.807, 2.05) is 32.9 Å². The molecular weight excluding hydrogens is 282 g/mol. The third-order valence-electron chi connectivity index (χ3n) is 3.64. The van der Waals surface area contributed by atoms with Crippen LogP contribution in [0.25, 0.3) is 10.9 Å². The Morgan fingerprint density at radius 1 is 1.23 bits per heavy atom. The first-order valence-electron chi connectivity index (χ1n) is 7.49. The molecule has 3 rings (SSSR count). The van der Waals surface area contributed by atoms with Gasteiger partial charge >= 0.3 is 6.09 Å². The Bertz CT molecular complexity index is 667. The molecule has 0 saturated carbocycles. The highest BCUT2D eigenvalue weighted by Crippen LogP contribution is 2.23. The third kappa shape index (κ3) is 3.16. The van der Waals surface area contributed by atoms with Crippen molar-refractivity contribution in [2.24, 2.45) is 0 Å². The van der Waals surface area contributed by atoms with E-state index in [0.29, 0.717) is 13.1 Å². The van der Waals surface area contributed by atoms with Crippen LogP contribution in [-0.2, 0) is 4.74 Å². The number of aromatic nitrogens is 1. The molecule has 1 amide bonds. The highest BCUT2D eigenvalue weighted by molar-refractivity contribution is 5.81. The molecule has 6 heteroatoms. The van der Waals surface area contributed by atoms with Gasteiger partial charge in [0.1, 0.15) is 17.4 Å². The van der Waals surface area contributed by atoms with Crippen molar-refractivity contribution in [3.05, 3.63) is 24.5 Å². The second-order valence-corrected chi connectivity index (χ2v) is 6.51. The Labute approximate surface area is 129 Å². The molecule has 2 aromatic rings. The molecule has 0 radical (unpaired) electrons. The zero-order valence-corrected chi connectivity index (χ0v) is 13.2. The number of carbonyl (C=O) groups excluding carboxylic acids is 1. The minimum atomic E-state index is -0.451. The molecule has 22 heavy (non-hydrogen) atoms. The van der Waals surface area contributed by atoms with Crippen LogP contribution in [0.3, 0.4) is 0 Å². The normalized spacial score (nSPS) is 16.1. The summed E-state index contributed by atoms with van der Waals surface area (Å²) in [7, 11) is 0. The summed E-state index contributed by atoms with van der Waals surface area (Å²) in [6, 6.07) is 6.05. The van der Waals surface area contributed by atoms with Crippen LogP contribution in [-0.4, -0.2) is 47.9 Å². The minimum Gasteiger partial charge on any atom is -0.444 e. The van der Waals surface area contributed by atoms with Gasteiger partial charge in [0.25, 0.3) is 0 Å². The summed E-state index contributed by atoms with van der Waals surface area (Å²) in [4.78, 5) is 16.1. The number of anilines is 1. The molecule has 1 saturated heterocycles. The van der Waals surface area contributed by atoms with Crippen molar-refractivity contribution in [2.45, 2.75) is 26.4 Å². The standard InChI is InChI=1S/C16H21N3O3/c1-16(2,3)22-15(20)19-8-6-18(7-9-19)13-4-5-14-12(10-13)11-21-17-14/h4-5,10-11H,6-9H2,1-3H3. The Hall–Kier alpha value is -2.24. The molecule has 1 aliphatic rings. The van der Waals surface area contributed by atoms with Gasteiger partial charge in [0.05, 0.1) is 0 Å². The van der Waals surface area contributed by atoms with E-state index in [4.69, 9.17) is 9.26 Å². The van der Waals surface area contributed by atoms with Crippen molar-refractivity contribution in [3.8, 4) is 0 Å². The molecular formula is C16H21N3O3. The molecule has 1 aromatic carbocycles. The average Bonchev–Trinajstić information content (AvgIpc) is 2.93. The summed E-state index contributed by atoms with van der Waals surface area (Å²) in [6.07, 6.45) is 1.41. The summed E-state index contributed by atoms with van der Waals surface area (Å²) in [5, 5.41) is 4.90. The lowest BCUT2D eigenvalue weighted by Crippen LogP contribution is -2.50. The SMILES string of the molecule is CC(C)(C)OC(=O)N1CCN(c2ccc3nocc3c2)CC1. The predicted octanol–water partition coefficient (Wildman–Crippen LogP) is 2.88. The van der Waals surface area contributed by atoms with Gasteiger partial charge in [-0.1, -0.05) is 5.16 Å². The first-order valence-corrected chi connectivity index (χ1v) is 7.49. The number of hydrogen-bond acceptors (Lipinski definition) is 5.